The van der Waals surface area contributed by atoms with Crippen molar-refractivity contribution in [2.45, 2.75) is 6.92 Å². The number of methoxy groups -OCH3 is 1. The number of nitrogens with one attached hydrogen (secondary N) is 1. The molecule has 0 bridgehead atoms. The molecule has 13 heavy (non-hydrogen) atoms. The Morgan fingerprint density at radius 3 is 2.54 bits per heavy atom. The molecule has 0 radical (unpaired) electrons. The molecule has 0 fully saturated rings. The van der Waals surface area contributed by atoms with Gasteiger partial charge in [0.15, 0.2) is 0 Å². The summed E-state index contributed by atoms with van der Waals surface area (Å²) >= 11 is 0. The van der Waals surface area contributed by atoms with Crippen molar-refractivity contribution in [2.75, 3.05) is 33.5 Å². The summed E-state index contributed by atoms with van der Waals surface area (Å²) in [6.45, 7) is 2.28. The molecule has 0 aliphatic rings. The molecule has 5 nitrogen and oxygen atoms in total. The van der Waals surface area contributed by atoms with Crippen LogP contribution in [0.15, 0.2) is 0 Å². The fraction of sp³-hybridized carbons (Fsp3) is 0.750. The maximum atomic E-state index is 10.9. The normalized spacial score (nSPS) is 9.69. The Labute approximate surface area is 77.4 Å². The zero-order valence-electron chi connectivity index (χ0n) is 7.96. The number of hydrogen-bond donors (Lipinski definition) is 1. The number of rotatable bonds is 7. The maximum absolute atomic E-state index is 10.9. The van der Waals surface area contributed by atoms with E-state index < -0.39 is 0 Å². The van der Waals surface area contributed by atoms with E-state index >= 15 is 0 Å². The summed E-state index contributed by atoms with van der Waals surface area (Å²) in [5, 5.41) is 2.40. The molecular formula is C8H15NO4. The van der Waals surface area contributed by atoms with Gasteiger partial charge in [-0.2, -0.15) is 0 Å². The zero-order valence-corrected chi connectivity index (χ0v) is 7.96. The largest absolute Gasteiger partial charge is 0.382 e. The molecule has 1 N–H and O–H groups in total. The number of carbonyl (C=O) groups excluding carboxylic acids is 2. The minimum absolute atomic E-state index is 0.0311. The van der Waals surface area contributed by atoms with Crippen LogP contribution < -0.4 is 5.32 Å². The monoisotopic (exact) mass is 189 g/mol. The molecule has 0 unspecified atom stereocenters. The Bertz CT molecular complexity index is 170. The molecule has 0 aromatic carbocycles. The molecule has 0 saturated carbocycles. The van der Waals surface area contributed by atoms with E-state index in [4.69, 9.17) is 9.47 Å². The van der Waals surface area contributed by atoms with Gasteiger partial charge in [-0.15, -0.1) is 0 Å². The topological polar surface area (TPSA) is 64.6 Å². The van der Waals surface area contributed by atoms with Gasteiger partial charge in [0.05, 0.1) is 19.8 Å². The number of hydrogen-bond acceptors (Lipinski definition) is 4. The van der Waals surface area contributed by atoms with Crippen molar-refractivity contribution >= 4 is 11.7 Å². The summed E-state index contributed by atoms with van der Waals surface area (Å²) in [6.07, 6.45) is 0. The second-order valence-electron chi connectivity index (χ2n) is 2.52. The average molecular weight is 189 g/mol. The van der Waals surface area contributed by atoms with Crippen molar-refractivity contribution in [3.8, 4) is 0 Å². The minimum Gasteiger partial charge on any atom is -0.382 e. The van der Waals surface area contributed by atoms with E-state index in [2.05, 4.69) is 5.32 Å². The summed E-state index contributed by atoms with van der Waals surface area (Å²) in [4.78, 5) is 21.3. The van der Waals surface area contributed by atoms with Gasteiger partial charge in [-0.1, -0.05) is 0 Å². The van der Waals surface area contributed by atoms with Gasteiger partial charge in [0.1, 0.15) is 12.4 Å². The zero-order chi connectivity index (χ0) is 10.1. The summed E-state index contributed by atoms with van der Waals surface area (Å²) in [5.74, 6) is -0.364. The van der Waals surface area contributed by atoms with Crippen molar-refractivity contribution < 1.29 is 19.1 Å². The van der Waals surface area contributed by atoms with Crippen LogP contribution in [0.5, 0.6) is 0 Å². The summed E-state index contributed by atoms with van der Waals surface area (Å²) in [7, 11) is 1.55. The third-order valence-corrected chi connectivity index (χ3v) is 1.20. The van der Waals surface area contributed by atoms with Crippen LogP contribution in [-0.2, 0) is 19.1 Å². The number of ketones is 1. The highest BCUT2D eigenvalue weighted by Gasteiger charge is 2.01. The second kappa shape index (κ2) is 7.70. The Hall–Kier alpha value is -0.940. The van der Waals surface area contributed by atoms with Crippen molar-refractivity contribution in [2.24, 2.45) is 0 Å². The highest BCUT2D eigenvalue weighted by molar-refractivity contribution is 5.84. The lowest BCUT2D eigenvalue weighted by Gasteiger charge is -2.03. The number of amides is 1. The maximum Gasteiger partial charge on any atom is 0.246 e. The van der Waals surface area contributed by atoms with Crippen LogP contribution in [0.4, 0.5) is 0 Å². The first-order chi connectivity index (χ1) is 6.16. The lowest BCUT2D eigenvalue weighted by Crippen LogP contribution is -2.31. The van der Waals surface area contributed by atoms with Crippen LogP contribution in [0.1, 0.15) is 6.92 Å². The molecule has 0 aliphatic heterocycles. The first kappa shape index (κ1) is 12.1. The molecule has 0 aliphatic carbocycles. The van der Waals surface area contributed by atoms with E-state index in [1.807, 2.05) is 0 Å². The quantitative estimate of drug-likeness (QED) is 0.541. The Morgan fingerprint density at radius 1 is 1.31 bits per heavy atom. The van der Waals surface area contributed by atoms with Crippen molar-refractivity contribution in [3.63, 3.8) is 0 Å². The van der Waals surface area contributed by atoms with Gasteiger partial charge in [0, 0.05) is 7.11 Å². The van der Waals surface area contributed by atoms with Crippen LogP contribution >= 0.6 is 0 Å². The minimum atomic E-state index is -0.286. The second-order valence-corrected chi connectivity index (χ2v) is 2.52. The standard InChI is InChI=1S/C8H15NO4/c1-7(10)5-9-8(11)6-13-4-3-12-2/h3-6H2,1-2H3,(H,9,11). The van der Waals surface area contributed by atoms with Crippen molar-refractivity contribution in [1.29, 1.82) is 0 Å². The fourth-order valence-corrected chi connectivity index (χ4v) is 0.581. The molecule has 0 spiro atoms. The van der Waals surface area contributed by atoms with Gasteiger partial charge in [0.25, 0.3) is 0 Å². The lowest BCUT2D eigenvalue weighted by molar-refractivity contribution is -0.128. The fourth-order valence-electron chi connectivity index (χ4n) is 0.581. The van der Waals surface area contributed by atoms with Gasteiger partial charge < -0.3 is 14.8 Å². The van der Waals surface area contributed by atoms with E-state index in [0.29, 0.717) is 13.2 Å². The van der Waals surface area contributed by atoms with Gasteiger partial charge in [-0.3, -0.25) is 9.59 Å². The molecule has 0 aromatic rings. The van der Waals surface area contributed by atoms with Gasteiger partial charge in [0.2, 0.25) is 5.91 Å². The molecule has 0 rings (SSSR count). The van der Waals surface area contributed by atoms with Crippen LogP contribution in [0.3, 0.4) is 0 Å². The van der Waals surface area contributed by atoms with Crippen molar-refractivity contribution in [1.82, 2.24) is 5.32 Å². The molecule has 0 atom stereocenters. The molecule has 0 aromatic heterocycles. The van der Waals surface area contributed by atoms with Crippen LogP contribution in [0, 0.1) is 0 Å². The van der Waals surface area contributed by atoms with E-state index in [1.54, 1.807) is 7.11 Å². The van der Waals surface area contributed by atoms with Crippen molar-refractivity contribution in [3.05, 3.63) is 0 Å². The van der Waals surface area contributed by atoms with E-state index in [1.165, 1.54) is 6.92 Å². The van der Waals surface area contributed by atoms with E-state index in [-0.39, 0.29) is 24.8 Å². The Morgan fingerprint density at radius 2 is 2.00 bits per heavy atom. The highest BCUT2D eigenvalue weighted by atomic mass is 16.5. The average Bonchev–Trinajstić information content (AvgIpc) is 2.09. The summed E-state index contributed by atoms with van der Waals surface area (Å²) in [5.41, 5.74) is 0. The lowest BCUT2D eigenvalue weighted by atomic mass is 10.4. The van der Waals surface area contributed by atoms with Crippen LogP contribution in [-0.4, -0.2) is 45.2 Å². The number of Topliss-reactive ketones (excluding diaryl/α,β-unsaturated/α-hetero) is 1. The Kier molecular flexibility index (Phi) is 7.14. The molecule has 1 amide bonds. The Balaban J connectivity index is 3.25. The van der Waals surface area contributed by atoms with Gasteiger partial charge in [-0.25, -0.2) is 0 Å². The molecule has 76 valence electrons. The van der Waals surface area contributed by atoms with E-state index in [9.17, 15) is 9.59 Å². The van der Waals surface area contributed by atoms with Gasteiger partial charge >= 0.3 is 0 Å². The first-order valence-electron chi connectivity index (χ1n) is 3.99. The molecule has 5 heteroatoms. The molecule has 0 heterocycles. The molecular weight excluding hydrogens is 174 g/mol. The highest BCUT2D eigenvalue weighted by Crippen LogP contribution is 1.76. The number of ether oxygens (including phenoxy) is 2. The number of carbonyl (C=O) groups is 2. The van der Waals surface area contributed by atoms with Crippen LogP contribution in [0.2, 0.25) is 0 Å². The predicted molar refractivity (Wildman–Crippen MR) is 46.4 cm³/mol. The van der Waals surface area contributed by atoms with E-state index in [0.717, 1.165) is 0 Å². The summed E-state index contributed by atoms with van der Waals surface area (Å²) in [6, 6.07) is 0. The first-order valence-corrected chi connectivity index (χ1v) is 3.99. The van der Waals surface area contributed by atoms with Gasteiger partial charge in [-0.05, 0) is 6.92 Å². The smallest absolute Gasteiger partial charge is 0.246 e. The summed E-state index contributed by atoms with van der Waals surface area (Å²) < 4.78 is 9.63. The third-order valence-electron chi connectivity index (χ3n) is 1.20. The SMILES string of the molecule is COCCOCC(=O)NCC(C)=O. The predicted octanol–water partition coefficient (Wildman–Crippen LogP) is -0.645. The third kappa shape index (κ3) is 8.97. The molecule has 0 saturated heterocycles. The van der Waals surface area contributed by atoms with Crippen LogP contribution in [0.25, 0.3) is 0 Å².